The molecule has 0 saturated heterocycles. The van der Waals surface area contributed by atoms with Gasteiger partial charge in [0.2, 0.25) is 11.2 Å². The van der Waals surface area contributed by atoms with E-state index < -0.39 is 36.8 Å². The first-order valence-electron chi connectivity index (χ1n) is 9.41. The van der Waals surface area contributed by atoms with E-state index in [-0.39, 0.29) is 11.7 Å². The molecule has 4 rings (SSSR count). The molecule has 0 radical (unpaired) electrons. The summed E-state index contributed by atoms with van der Waals surface area (Å²) in [4.78, 5) is 24.4. The second-order valence-electron chi connectivity index (χ2n) is 7.41. The van der Waals surface area contributed by atoms with Crippen molar-refractivity contribution in [3.63, 3.8) is 0 Å². The van der Waals surface area contributed by atoms with Gasteiger partial charge in [0.1, 0.15) is 18.8 Å². The number of nitrogens with zero attached hydrogens (tertiary/aromatic N) is 4. The summed E-state index contributed by atoms with van der Waals surface area (Å²) in [5.41, 5.74) is 0.992. The number of imidazole rings is 1. The molecule has 2 heterocycles. The van der Waals surface area contributed by atoms with Gasteiger partial charge in [-0.3, -0.25) is 4.79 Å². The number of nitrogens with one attached hydrogen (secondary N) is 2. The van der Waals surface area contributed by atoms with Crippen molar-refractivity contribution in [1.29, 1.82) is 0 Å². The maximum Gasteiger partial charge on any atom is 0.246 e. The lowest BCUT2D eigenvalue weighted by Gasteiger charge is -2.18. The van der Waals surface area contributed by atoms with Gasteiger partial charge in [0.25, 0.3) is 0 Å². The Morgan fingerprint density at radius 3 is 2.71 bits per heavy atom. The molecule has 11 heteroatoms. The topological polar surface area (TPSA) is 145 Å². The van der Waals surface area contributed by atoms with Crippen molar-refractivity contribution in [2.45, 2.75) is 62.4 Å². The van der Waals surface area contributed by atoms with Gasteiger partial charge in [0.15, 0.2) is 17.0 Å². The Balaban J connectivity index is 1.64. The van der Waals surface area contributed by atoms with E-state index in [1.807, 2.05) is 0 Å². The van der Waals surface area contributed by atoms with Crippen LogP contribution in [-0.4, -0.2) is 71.6 Å². The number of anilines is 1. The highest BCUT2D eigenvalue weighted by molar-refractivity contribution is 6.28. The molecule has 0 aliphatic heterocycles. The number of hydrogen-bond donors (Lipinski definition) is 5. The number of fused-ring (bicyclic) bond motifs is 1. The molecule has 2 aliphatic rings. The summed E-state index contributed by atoms with van der Waals surface area (Å²) >= 11 is 6.13. The largest absolute Gasteiger partial charge is 0.388 e. The van der Waals surface area contributed by atoms with Gasteiger partial charge < -0.3 is 30.5 Å². The molecule has 10 nitrogen and oxygen atoms in total. The number of amides is 1. The highest BCUT2D eigenvalue weighted by Crippen LogP contribution is 2.34. The Kier molecular flexibility index (Phi) is 5.37. The van der Waals surface area contributed by atoms with Crippen molar-refractivity contribution in [2.75, 3.05) is 11.9 Å². The highest BCUT2D eigenvalue weighted by Gasteiger charge is 2.43. The molecule has 4 atom stereocenters. The summed E-state index contributed by atoms with van der Waals surface area (Å²) in [6.45, 7) is -0.684. The lowest BCUT2D eigenvalue weighted by molar-refractivity contribution is -0.125. The molecule has 0 bridgehead atoms. The average molecular weight is 411 g/mol. The van der Waals surface area contributed by atoms with Crippen LogP contribution >= 0.6 is 11.6 Å². The smallest absolute Gasteiger partial charge is 0.246 e. The molecule has 0 unspecified atom stereocenters. The number of aliphatic hydroxyl groups excluding tert-OH is 3. The first-order chi connectivity index (χ1) is 13.5. The summed E-state index contributed by atoms with van der Waals surface area (Å²) < 4.78 is 1.65. The fourth-order valence-corrected chi connectivity index (χ4v) is 4.34. The lowest BCUT2D eigenvalue weighted by Crippen LogP contribution is -2.44. The number of carbonyl (C=O) groups is 1. The molecular formula is C17H23ClN6O4. The monoisotopic (exact) mass is 410 g/mol. The molecule has 152 valence electrons. The first-order valence-corrected chi connectivity index (χ1v) is 9.78. The maximum atomic E-state index is 11.5. The van der Waals surface area contributed by atoms with E-state index in [0.717, 1.165) is 12.8 Å². The predicted octanol–water partition coefficient (Wildman–Crippen LogP) is -0.0221. The van der Waals surface area contributed by atoms with Gasteiger partial charge in [-0.15, -0.1) is 0 Å². The fourth-order valence-electron chi connectivity index (χ4n) is 4.18. The minimum absolute atomic E-state index is 0.0629. The zero-order valence-electron chi connectivity index (χ0n) is 15.1. The third kappa shape index (κ3) is 3.52. The van der Waals surface area contributed by atoms with Crippen LogP contribution in [0.25, 0.3) is 11.2 Å². The molecule has 5 N–H and O–H groups in total. The van der Waals surface area contributed by atoms with Gasteiger partial charge in [0.05, 0.1) is 18.4 Å². The van der Waals surface area contributed by atoms with Crippen LogP contribution in [0.2, 0.25) is 5.28 Å². The first kappa shape index (κ1) is 19.3. The maximum absolute atomic E-state index is 11.5. The Bertz CT molecular complexity index is 871. The van der Waals surface area contributed by atoms with Crippen LogP contribution in [0.5, 0.6) is 0 Å². The summed E-state index contributed by atoms with van der Waals surface area (Å²) in [7, 11) is 0. The van der Waals surface area contributed by atoms with E-state index in [9.17, 15) is 15.0 Å². The number of hydrogen-bond acceptors (Lipinski definition) is 8. The predicted molar refractivity (Wildman–Crippen MR) is 101 cm³/mol. The average Bonchev–Trinajstić information content (AvgIpc) is 3.38. The number of rotatable bonds is 5. The minimum Gasteiger partial charge on any atom is -0.388 e. The zero-order chi connectivity index (χ0) is 19.8. The molecule has 2 saturated carbocycles. The van der Waals surface area contributed by atoms with Gasteiger partial charge in [-0.25, -0.2) is 4.98 Å². The van der Waals surface area contributed by atoms with Crippen LogP contribution < -0.4 is 10.6 Å². The molecule has 2 fully saturated rings. The molecular weight excluding hydrogens is 388 g/mol. The quantitative estimate of drug-likeness (QED) is 0.432. The molecule has 0 spiro atoms. The van der Waals surface area contributed by atoms with Crippen LogP contribution in [0.4, 0.5) is 5.82 Å². The molecule has 1 amide bonds. The second kappa shape index (κ2) is 7.78. The van der Waals surface area contributed by atoms with Crippen LogP contribution in [0.1, 0.15) is 38.1 Å². The molecule has 0 aromatic carbocycles. The van der Waals surface area contributed by atoms with Crippen molar-refractivity contribution in [2.24, 2.45) is 0 Å². The van der Waals surface area contributed by atoms with Gasteiger partial charge in [-0.2, -0.15) is 9.97 Å². The van der Waals surface area contributed by atoms with E-state index in [4.69, 9.17) is 16.7 Å². The van der Waals surface area contributed by atoms with Crippen molar-refractivity contribution < 1.29 is 20.1 Å². The Morgan fingerprint density at radius 1 is 1.25 bits per heavy atom. The minimum atomic E-state index is -1.17. The molecule has 28 heavy (non-hydrogen) atoms. The number of halogens is 1. The van der Waals surface area contributed by atoms with E-state index in [2.05, 4.69) is 25.6 Å². The lowest BCUT2D eigenvalue weighted by atomic mass is 10.2. The highest BCUT2D eigenvalue weighted by atomic mass is 35.5. The van der Waals surface area contributed by atoms with E-state index >= 15 is 0 Å². The second-order valence-corrected chi connectivity index (χ2v) is 7.75. The van der Waals surface area contributed by atoms with Crippen LogP contribution in [0.15, 0.2) is 6.33 Å². The third-order valence-electron chi connectivity index (χ3n) is 5.59. The van der Waals surface area contributed by atoms with E-state index in [1.54, 1.807) is 4.57 Å². The van der Waals surface area contributed by atoms with Crippen molar-refractivity contribution in [3.05, 3.63) is 11.6 Å². The molecule has 2 aliphatic carbocycles. The molecule has 2 aromatic rings. The van der Waals surface area contributed by atoms with Crippen molar-refractivity contribution in [1.82, 2.24) is 24.8 Å². The van der Waals surface area contributed by atoms with E-state index in [1.165, 1.54) is 19.2 Å². The number of aliphatic hydroxyl groups is 3. The standard InChI is InChI=1S/C17H23ClN6O4/c18-17-22-15(20-8-3-1-2-4-8)12-16(23-17)24(7-19-12)10-5-9(13(27)14(10)28)21-11(26)6-25/h7-10,13-14,25,27-28H,1-6H2,(H,21,26)(H,20,22,23)/t9-,10+,13+,14-/m0/s1. The summed E-state index contributed by atoms with van der Waals surface area (Å²) in [6, 6.07) is -0.934. The summed E-state index contributed by atoms with van der Waals surface area (Å²) in [6.07, 6.45) is 3.93. The summed E-state index contributed by atoms with van der Waals surface area (Å²) in [5.74, 6) is -0.0559. The number of carbonyl (C=O) groups excluding carboxylic acids is 1. The Hall–Kier alpha value is -2.01. The van der Waals surface area contributed by atoms with Gasteiger partial charge in [-0.05, 0) is 30.9 Å². The van der Waals surface area contributed by atoms with Crippen LogP contribution in [0, 0.1) is 0 Å². The van der Waals surface area contributed by atoms with Crippen molar-refractivity contribution in [3.8, 4) is 0 Å². The SMILES string of the molecule is O=C(CO)N[C@H]1C[C@@H](n2cnc3c(NC4CCCC4)nc(Cl)nc32)[C@H](O)[C@@H]1O. The van der Waals surface area contributed by atoms with Crippen molar-refractivity contribution >= 4 is 34.5 Å². The normalized spacial score (nSPS) is 28.1. The zero-order valence-corrected chi connectivity index (χ0v) is 15.9. The van der Waals surface area contributed by atoms with Gasteiger partial charge in [0, 0.05) is 6.04 Å². The number of aromatic nitrogens is 4. The van der Waals surface area contributed by atoms with E-state index in [0.29, 0.717) is 23.0 Å². The van der Waals surface area contributed by atoms with Gasteiger partial charge in [-0.1, -0.05) is 12.8 Å². The summed E-state index contributed by atoms with van der Waals surface area (Å²) in [5, 5.41) is 35.7. The van der Waals surface area contributed by atoms with Gasteiger partial charge >= 0.3 is 0 Å². The Labute approximate surface area is 166 Å². The molecule has 2 aromatic heterocycles. The van der Waals surface area contributed by atoms with Crippen LogP contribution in [-0.2, 0) is 4.79 Å². The Morgan fingerprint density at radius 2 is 2.00 bits per heavy atom. The fraction of sp³-hybridized carbons (Fsp3) is 0.647. The third-order valence-corrected chi connectivity index (χ3v) is 5.76. The van der Waals surface area contributed by atoms with Crippen LogP contribution in [0.3, 0.4) is 0 Å².